The number of nitrogens with zero attached hydrogens (tertiary/aromatic N) is 2. The Bertz CT molecular complexity index is 493. The van der Waals surface area contributed by atoms with Gasteiger partial charge in [-0.3, -0.25) is 14.6 Å². The van der Waals surface area contributed by atoms with Crippen molar-refractivity contribution in [1.82, 2.24) is 15.2 Å². The summed E-state index contributed by atoms with van der Waals surface area (Å²) >= 11 is 0. The van der Waals surface area contributed by atoms with Crippen LogP contribution in [0.15, 0.2) is 24.5 Å². The van der Waals surface area contributed by atoms with E-state index in [0.717, 1.165) is 44.5 Å². The molecule has 2 N–H and O–H groups in total. The minimum atomic E-state index is 0.0171. The summed E-state index contributed by atoms with van der Waals surface area (Å²) in [5.41, 5.74) is 0.985. The number of anilines is 1. The summed E-state index contributed by atoms with van der Waals surface area (Å²) in [4.78, 5) is 29.5. The lowest BCUT2D eigenvalue weighted by Gasteiger charge is -2.20. The highest BCUT2D eigenvalue weighted by Gasteiger charge is 2.16. The van der Waals surface area contributed by atoms with E-state index >= 15 is 0 Å². The highest BCUT2D eigenvalue weighted by Crippen LogP contribution is 2.11. The molecule has 2 amide bonds. The SMILES string of the molecule is O=C(CCN1CCCCCC1=O)NCCCNc1cccnc1. The third-order valence-electron chi connectivity index (χ3n) is 3.95. The number of carbonyl (C=O) groups excluding carboxylic acids is 2. The standard InChI is InChI=1S/C17H26N4O2/c22-16(8-13-21-12-3-1-2-7-17(21)23)20-11-5-10-19-15-6-4-9-18-14-15/h4,6,9,14,19H,1-3,5,7-8,10-13H2,(H,20,22). The predicted molar refractivity (Wildman–Crippen MR) is 90.0 cm³/mol. The molecule has 1 aromatic heterocycles. The molecule has 23 heavy (non-hydrogen) atoms. The molecule has 0 aromatic carbocycles. The molecule has 6 heteroatoms. The molecule has 1 aromatic rings. The maximum atomic E-state index is 11.8. The minimum Gasteiger partial charge on any atom is -0.384 e. The van der Waals surface area contributed by atoms with Crippen molar-refractivity contribution in [2.24, 2.45) is 0 Å². The number of hydrogen-bond acceptors (Lipinski definition) is 4. The van der Waals surface area contributed by atoms with Crippen LogP contribution in [0, 0.1) is 0 Å². The van der Waals surface area contributed by atoms with Gasteiger partial charge in [-0.15, -0.1) is 0 Å². The third-order valence-corrected chi connectivity index (χ3v) is 3.95. The van der Waals surface area contributed by atoms with E-state index in [1.54, 1.807) is 12.4 Å². The Morgan fingerprint density at radius 3 is 3.00 bits per heavy atom. The number of rotatable bonds is 8. The van der Waals surface area contributed by atoms with Crippen molar-refractivity contribution in [3.63, 3.8) is 0 Å². The summed E-state index contributed by atoms with van der Waals surface area (Å²) in [7, 11) is 0. The number of aromatic nitrogens is 1. The van der Waals surface area contributed by atoms with Gasteiger partial charge in [0.15, 0.2) is 0 Å². The first-order chi connectivity index (χ1) is 11.3. The van der Waals surface area contributed by atoms with Crippen LogP contribution >= 0.6 is 0 Å². The van der Waals surface area contributed by atoms with Crippen LogP contribution in [0.5, 0.6) is 0 Å². The van der Waals surface area contributed by atoms with Gasteiger partial charge in [0.2, 0.25) is 11.8 Å². The lowest BCUT2D eigenvalue weighted by atomic mass is 10.2. The van der Waals surface area contributed by atoms with Crippen molar-refractivity contribution in [3.05, 3.63) is 24.5 Å². The van der Waals surface area contributed by atoms with Gasteiger partial charge < -0.3 is 15.5 Å². The molecule has 0 atom stereocenters. The van der Waals surface area contributed by atoms with Gasteiger partial charge >= 0.3 is 0 Å². The zero-order valence-electron chi connectivity index (χ0n) is 13.6. The van der Waals surface area contributed by atoms with E-state index in [1.165, 1.54) is 0 Å². The number of hydrogen-bond donors (Lipinski definition) is 2. The Morgan fingerprint density at radius 2 is 2.17 bits per heavy atom. The van der Waals surface area contributed by atoms with Crippen LogP contribution in [-0.4, -0.2) is 47.9 Å². The molecule has 0 bridgehead atoms. The monoisotopic (exact) mass is 318 g/mol. The normalized spacial score (nSPS) is 15.1. The highest BCUT2D eigenvalue weighted by atomic mass is 16.2. The number of amides is 2. The number of pyridine rings is 1. The second-order valence-electron chi connectivity index (χ2n) is 5.81. The maximum absolute atomic E-state index is 11.8. The molecule has 0 saturated carbocycles. The fraction of sp³-hybridized carbons (Fsp3) is 0.588. The summed E-state index contributed by atoms with van der Waals surface area (Å²) in [5, 5.41) is 6.15. The first-order valence-electron chi connectivity index (χ1n) is 8.44. The molecule has 2 rings (SSSR count). The minimum absolute atomic E-state index is 0.0171. The molecule has 1 saturated heterocycles. The molecule has 1 aliphatic heterocycles. The largest absolute Gasteiger partial charge is 0.384 e. The van der Waals surface area contributed by atoms with Crippen molar-refractivity contribution in [1.29, 1.82) is 0 Å². The van der Waals surface area contributed by atoms with Crippen LogP contribution in [0.25, 0.3) is 0 Å². The van der Waals surface area contributed by atoms with Gasteiger partial charge in [-0.25, -0.2) is 0 Å². The Balaban J connectivity index is 1.53. The molecular formula is C17H26N4O2. The Morgan fingerprint density at radius 1 is 1.26 bits per heavy atom. The highest BCUT2D eigenvalue weighted by molar-refractivity contribution is 5.79. The quantitative estimate of drug-likeness (QED) is 0.717. The van der Waals surface area contributed by atoms with Crippen LogP contribution in [0.3, 0.4) is 0 Å². The van der Waals surface area contributed by atoms with Crippen LogP contribution in [-0.2, 0) is 9.59 Å². The van der Waals surface area contributed by atoms with Gasteiger partial charge in [0.05, 0.1) is 5.69 Å². The second-order valence-corrected chi connectivity index (χ2v) is 5.81. The summed E-state index contributed by atoms with van der Waals surface area (Å²) in [6.07, 6.45) is 8.52. The molecule has 0 unspecified atom stereocenters. The van der Waals surface area contributed by atoms with Crippen molar-refractivity contribution in [2.45, 2.75) is 38.5 Å². The van der Waals surface area contributed by atoms with Crippen LogP contribution in [0.1, 0.15) is 38.5 Å². The Labute approximate surface area is 137 Å². The summed E-state index contributed by atoms with van der Waals surface area (Å²) < 4.78 is 0. The predicted octanol–water partition coefficient (Wildman–Crippen LogP) is 1.79. The zero-order chi connectivity index (χ0) is 16.3. The van der Waals surface area contributed by atoms with Gasteiger partial charge in [-0.1, -0.05) is 6.42 Å². The number of likely N-dealkylation sites (tertiary alicyclic amines) is 1. The smallest absolute Gasteiger partial charge is 0.222 e. The summed E-state index contributed by atoms with van der Waals surface area (Å²) in [6.45, 7) is 2.76. The fourth-order valence-corrected chi connectivity index (χ4v) is 2.62. The van der Waals surface area contributed by atoms with Crippen LogP contribution in [0.4, 0.5) is 5.69 Å². The van der Waals surface area contributed by atoms with Crippen molar-refractivity contribution in [3.8, 4) is 0 Å². The van der Waals surface area contributed by atoms with Crippen molar-refractivity contribution < 1.29 is 9.59 Å². The second kappa shape index (κ2) is 9.82. The molecule has 0 spiro atoms. The molecule has 0 radical (unpaired) electrons. The van der Waals surface area contributed by atoms with Gasteiger partial charge in [0.1, 0.15) is 0 Å². The lowest BCUT2D eigenvalue weighted by Crippen LogP contribution is -2.35. The van der Waals surface area contributed by atoms with E-state index in [2.05, 4.69) is 15.6 Å². The average Bonchev–Trinajstić information content (AvgIpc) is 2.78. The molecule has 2 heterocycles. The Kier molecular flexibility index (Phi) is 7.36. The van der Waals surface area contributed by atoms with Gasteiger partial charge in [-0.05, 0) is 31.4 Å². The number of carbonyl (C=O) groups is 2. The average molecular weight is 318 g/mol. The topological polar surface area (TPSA) is 74.3 Å². The zero-order valence-corrected chi connectivity index (χ0v) is 13.6. The lowest BCUT2D eigenvalue weighted by molar-refractivity contribution is -0.131. The first-order valence-corrected chi connectivity index (χ1v) is 8.44. The molecule has 6 nitrogen and oxygen atoms in total. The van der Waals surface area contributed by atoms with E-state index in [1.807, 2.05) is 17.0 Å². The molecule has 1 aliphatic rings. The van der Waals surface area contributed by atoms with Crippen molar-refractivity contribution >= 4 is 17.5 Å². The number of nitrogens with one attached hydrogen (secondary N) is 2. The summed E-state index contributed by atoms with van der Waals surface area (Å²) in [5.74, 6) is 0.208. The molecule has 1 fully saturated rings. The van der Waals surface area contributed by atoms with Gasteiger partial charge in [0.25, 0.3) is 0 Å². The molecule has 126 valence electrons. The Hall–Kier alpha value is -2.11. The van der Waals surface area contributed by atoms with E-state index in [-0.39, 0.29) is 11.8 Å². The van der Waals surface area contributed by atoms with E-state index in [4.69, 9.17) is 0 Å². The molecular weight excluding hydrogens is 292 g/mol. The molecule has 0 aliphatic carbocycles. The first kappa shape index (κ1) is 17.2. The van der Waals surface area contributed by atoms with Crippen molar-refractivity contribution in [2.75, 3.05) is 31.5 Å². The van der Waals surface area contributed by atoms with Crippen LogP contribution in [0.2, 0.25) is 0 Å². The van der Waals surface area contributed by atoms with Gasteiger partial charge in [-0.2, -0.15) is 0 Å². The maximum Gasteiger partial charge on any atom is 0.222 e. The fourth-order valence-electron chi connectivity index (χ4n) is 2.62. The van der Waals surface area contributed by atoms with E-state index in [0.29, 0.717) is 25.9 Å². The van der Waals surface area contributed by atoms with Gasteiger partial charge in [0, 0.05) is 51.4 Å². The van der Waals surface area contributed by atoms with E-state index in [9.17, 15) is 9.59 Å². The summed E-state index contributed by atoms with van der Waals surface area (Å²) in [6, 6.07) is 3.85. The van der Waals surface area contributed by atoms with E-state index < -0.39 is 0 Å². The van der Waals surface area contributed by atoms with Crippen LogP contribution < -0.4 is 10.6 Å². The third kappa shape index (κ3) is 6.67.